The van der Waals surface area contributed by atoms with Crippen LogP contribution in [-0.2, 0) is 0 Å². The Hall–Kier alpha value is -1.69. The number of imidazole rings is 1. The van der Waals surface area contributed by atoms with Crippen LogP contribution in [0.25, 0.3) is 11.2 Å². The number of fused-ring (bicyclic) bond motifs is 1. The third-order valence-corrected chi connectivity index (χ3v) is 3.16. The lowest BCUT2D eigenvalue weighted by atomic mass is 10.2. The third kappa shape index (κ3) is 1.34. The molecule has 0 amide bonds. The Labute approximate surface area is 92.1 Å². The standard InChI is InChI=1S/C10H13N5O/c11-9-8-10(13-4-12-9)15(5-14-8)6-1-2-7(16)3-6/h4-7,16H,1-3H2,(H2,11,12,13)/t6-,7?/m0/s1. The summed E-state index contributed by atoms with van der Waals surface area (Å²) in [5, 5.41) is 9.53. The summed E-state index contributed by atoms with van der Waals surface area (Å²) in [5.74, 6) is 0.405. The summed E-state index contributed by atoms with van der Waals surface area (Å²) in [7, 11) is 0. The van der Waals surface area contributed by atoms with Gasteiger partial charge in [0.05, 0.1) is 12.4 Å². The maximum absolute atomic E-state index is 9.53. The van der Waals surface area contributed by atoms with Gasteiger partial charge in [-0.25, -0.2) is 15.0 Å². The molecule has 16 heavy (non-hydrogen) atoms. The van der Waals surface area contributed by atoms with Gasteiger partial charge in [0.15, 0.2) is 11.5 Å². The molecule has 2 aromatic heterocycles. The lowest BCUT2D eigenvalue weighted by molar-refractivity contribution is 0.178. The van der Waals surface area contributed by atoms with Gasteiger partial charge in [-0.1, -0.05) is 0 Å². The monoisotopic (exact) mass is 219 g/mol. The average Bonchev–Trinajstić information content (AvgIpc) is 2.84. The molecule has 2 heterocycles. The minimum absolute atomic E-state index is 0.207. The topological polar surface area (TPSA) is 89.9 Å². The van der Waals surface area contributed by atoms with Gasteiger partial charge >= 0.3 is 0 Å². The van der Waals surface area contributed by atoms with Crippen LogP contribution in [-0.4, -0.2) is 30.7 Å². The van der Waals surface area contributed by atoms with Crippen LogP contribution in [0.15, 0.2) is 12.7 Å². The van der Waals surface area contributed by atoms with Gasteiger partial charge in [-0.3, -0.25) is 0 Å². The summed E-state index contributed by atoms with van der Waals surface area (Å²) in [6.45, 7) is 0. The van der Waals surface area contributed by atoms with Crippen molar-refractivity contribution in [2.45, 2.75) is 31.4 Å². The third-order valence-electron chi connectivity index (χ3n) is 3.16. The van der Waals surface area contributed by atoms with E-state index in [0.29, 0.717) is 11.3 Å². The van der Waals surface area contributed by atoms with Crippen molar-refractivity contribution < 1.29 is 5.11 Å². The van der Waals surface area contributed by atoms with Crippen LogP contribution >= 0.6 is 0 Å². The quantitative estimate of drug-likeness (QED) is 0.728. The molecule has 1 fully saturated rings. The van der Waals surface area contributed by atoms with Crippen LogP contribution in [0.4, 0.5) is 5.82 Å². The largest absolute Gasteiger partial charge is 0.393 e. The number of aliphatic hydroxyl groups is 1. The highest BCUT2D eigenvalue weighted by atomic mass is 16.3. The first-order valence-electron chi connectivity index (χ1n) is 5.37. The van der Waals surface area contributed by atoms with E-state index >= 15 is 0 Å². The molecule has 0 aliphatic heterocycles. The van der Waals surface area contributed by atoms with Crippen molar-refractivity contribution >= 4 is 17.0 Å². The average molecular weight is 219 g/mol. The van der Waals surface area contributed by atoms with Gasteiger partial charge in [-0.05, 0) is 19.3 Å². The molecule has 1 aliphatic carbocycles. The Morgan fingerprint density at radius 1 is 1.31 bits per heavy atom. The second-order valence-electron chi connectivity index (χ2n) is 4.20. The number of nitrogens with two attached hydrogens (primary N) is 1. The van der Waals surface area contributed by atoms with E-state index in [1.807, 2.05) is 4.57 Å². The van der Waals surface area contributed by atoms with E-state index in [-0.39, 0.29) is 12.1 Å². The maximum Gasteiger partial charge on any atom is 0.165 e. The van der Waals surface area contributed by atoms with Gasteiger partial charge in [-0.15, -0.1) is 0 Å². The molecule has 2 atom stereocenters. The minimum Gasteiger partial charge on any atom is -0.393 e. The number of nitrogen functional groups attached to an aromatic ring is 1. The predicted molar refractivity (Wildman–Crippen MR) is 58.6 cm³/mol. The fraction of sp³-hybridized carbons (Fsp3) is 0.500. The zero-order chi connectivity index (χ0) is 11.1. The number of nitrogens with zero attached hydrogens (tertiary/aromatic N) is 4. The molecule has 0 bridgehead atoms. The summed E-state index contributed by atoms with van der Waals surface area (Å²) in [6.07, 6.45) is 5.53. The fourth-order valence-electron chi connectivity index (χ4n) is 2.32. The fourth-order valence-corrected chi connectivity index (χ4v) is 2.32. The van der Waals surface area contributed by atoms with Crippen molar-refractivity contribution in [3.05, 3.63) is 12.7 Å². The van der Waals surface area contributed by atoms with Gasteiger partial charge in [0.25, 0.3) is 0 Å². The lowest BCUT2D eigenvalue weighted by Crippen LogP contribution is -2.07. The summed E-state index contributed by atoms with van der Waals surface area (Å²) >= 11 is 0. The predicted octanol–water partition coefficient (Wildman–Crippen LogP) is 0.494. The first-order chi connectivity index (χ1) is 7.75. The van der Waals surface area contributed by atoms with Gasteiger partial charge in [0.1, 0.15) is 11.8 Å². The number of hydrogen-bond acceptors (Lipinski definition) is 5. The van der Waals surface area contributed by atoms with E-state index < -0.39 is 0 Å². The van der Waals surface area contributed by atoms with Crippen LogP contribution in [0.5, 0.6) is 0 Å². The normalized spacial score (nSPS) is 25.3. The van der Waals surface area contributed by atoms with Crippen molar-refractivity contribution in [1.82, 2.24) is 19.5 Å². The van der Waals surface area contributed by atoms with Crippen molar-refractivity contribution in [1.29, 1.82) is 0 Å². The Kier molecular flexibility index (Phi) is 2.03. The molecule has 2 aromatic rings. The van der Waals surface area contributed by atoms with Crippen LogP contribution < -0.4 is 5.73 Å². The van der Waals surface area contributed by atoms with E-state index in [0.717, 1.165) is 24.9 Å². The summed E-state index contributed by atoms with van der Waals surface area (Å²) in [4.78, 5) is 12.3. The van der Waals surface area contributed by atoms with Crippen molar-refractivity contribution in [3.63, 3.8) is 0 Å². The summed E-state index contributed by atoms with van der Waals surface area (Å²) in [5.41, 5.74) is 7.12. The number of rotatable bonds is 1. The summed E-state index contributed by atoms with van der Waals surface area (Å²) < 4.78 is 1.99. The van der Waals surface area contributed by atoms with Gasteiger partial charge in [0, 0.05) is 6.04 Å². The summed E-state index contributed by atoms with van der Waals surface area (Å²) in [6, 6.07) is 0.272. The zero-order valence-electron chi connectivity index (χ0n) is 8.74. The second kappa shape index (κ2) is 3.41. The van der Waals surface area contributed by atoms with E-state index in [4.69, 9.17) is 5.73 Å². The second-order valence-corrected chi connectivity index (χ2v) is 4.20. The molecule has 0 radical (unpaired) electrons. The molecule has 3 N–H and O–H groups in total. The molecule has 6 heteroatoms. The minimum atomic E-state index is -0.207. The Bertz CT molecular complexity index is 523. The first kappa shape index (κ1) is 9.53. The van der Waals surface area contributed by atoms with E-state index in [2.05, 4.69) is 15.0 Å². The Morgan fingerprint density at radius 3 is 2.94 bits per heavy atom. The van der Waals surface area contributed by atoms with Crippen molar-refractivity contribution in [2.24, 2.45) is 0 Å². The first-order valence-corrected chi connectivity index (χ1v) is 5.37. The van der Waals surface area contributed by atoms with E-state index in [9.17, 15) is 5.11 Å². The van der Waals surface area contributed by atoms with Crippen molar-refractivity contribution in [3.8, 4) is 0 Å². The molecule has 84 valence electrons. The molecule has 0 saturated heterocycles. The van der Waals surface area contributed by atoms with Gasteiger partial charge < -0.3 is 15.4 Å². The maximum atomic E-state index is 9.53. The molecule has 0 spiro atoms. The molecular weight excluding hydrogens is 206 g/mol. The number of aliphatic hydroxyl groups excluding tert-OH is 1. The molecule has 1 unspecified atom stereocenters. The molecule has 1 aliphatic rings. The molecule has 6 nitrogen and oxygen atoms in total. The van der Waals surface area contributed by atoms with Crippen molar-refractivity contribution in [2.75, 3.05) is 5.73 Å². The lowest BCUT2D eigenvalue weighted by Gasteiger charge is -2.11. The highest BCUT2D eigenvalue weighted by Crippen LogP contribution is 2.32. The van der Waals surface area contributed by atoms with Crippen LogP contribution in [0.1, 0.15) is 25.3 Å². The zero-order valence-corrected chi connectivity index (χ0v) is 8.74. The van der Waals surface area contributed by atoms with Gasteiger partial charge in [-0.2, -0.15) is 0 Å². The Morgan fingerprint density at radius 2 is 2.19 bits per heavy atom. The van der Waals surface area contributed by atoms with Gasteiger partial charge in [0.2, 0.25) is 0 Å². The Balaban J connectivity index is 2.08. The highest BCUT2D eigenvalue weighted by molar-refractivity contribution is 5.81. The van der Waals surface area contributed by atoms with Crippen LogP contribution in [0.2, 0.25) is 0 Å². The smallest absolute Gasteiger partial charge is 0.165 e. The molecule has 3 rings (SSSR count). The number of hydrogen-bond donors (Lipinski definition) is 2. The highest BCUT2D eigenvalue weighted by Gasteiger charge is 2.25. The number of anilines is 1. The van der Waals surface area contributed by atoms with Crippen LogP contribution in [0.3, 0.4) is 0 Å². The molecule has 1 saturated carbocycles. The van der Waals surface area contributed by atoms with E-state index in [1.165, 1.54) is 6.33 Å². The number of aromatic nitrogens is 4. The SMILES string of the molecule is Nc1ncnc2c1ncn2[C@H]1CCC(O)C1. The van der Waals surface area contributed by atoms with Crippen LogP contribution in [0, 0.1) is 0 Å². The van der Waals surface area contributed by atoms with E-state index in [1.54, 1.807) is 6.33 Å². The molecular formula is C10H13N5O. The molecule has 0 aromatic carbocycles.